The van der Waals surface area contributed by atoms with Gasteiger partial charge in [0.05, 0.1) is 23.9 Å². The summed E-state index contributed by atoms with van der Waals surface area (Å²) in [5, 5.41) is 18.7. The van der Waals surface area contributed by atoms with Crippen molar-refractivity contribution in [2.45, 2.75) is 45.8 Å². The van der Waals surface area contributed by atoms with Crippen LogP contribution in [-0.2, 0) is 11.3 Å². The number of hydrogen-bond donors (Lipinski definition) is 2. The van der Waals surface area contributed by atoms with Crippen LogP contribution in [0.4, 0.5) is 0 Å². The van der Waals surface area contributed by atoms with E-state index in [0.717, 1.165) is 22.2 Å². The summed E-state index contributed by atoms with van der Waals surface area (Å²) in [4.78, 5) is 12.2. The number of para-hydroxylation sites is 1. The molecular weight excluding hydrogens is 338 g/mol. The molecule has 0 radical (unpaired) electrons. The highest BCUT2D eigenvalue weighted by Crippen LogP contribution is 2.19. The zero-order valence-electron chi connectivity index (χ0n) is 16.1. The van der Waals surface area contributed by atoms with Gasteiger partial charge in [0, 0.05) is 18.4 Å². The normalized spacial score (nSPS) is 12.5. The third-order valence-electron chi connectivity index (χ3n) is 4.87. The molecule has 142 valence electrons. The van der Waals surface area contributed by atoms with Gasteiger partial charge < -0.3 is 10.4 Å². The molecule has 0 saturated heterocycles. The first-order valence-electron chi connectivity index (χ1n) is 9.42. The quantitative estimate of drug-likeness (QED) is 0.671. The number of benzene rings is 2. The van der Waals surface area contributed by atoms with E-state index >= 15 is 0 Å². The topological polar surface area (TPSA) is 67.2 Å². The third kappa shape index (κ3) is 4.55. The minimum absolute atomic E-state index is 0.0925. The third-order valence-corrected chi connectivity index (χ3v) is 4.87. The molecule has 1 aromatic heterocycles. The first kappa shape index (κ1) is 19.1. The summed E-state index contributed by atoms with van der Waals surface area (Å²) in [6.45, 7) is 6.96. The SMILES string of the molecule is Cc1nn(CCC(=O)NCC(O)c2ccc(C(C)C)cc2)c2ccccc12. The van der Waals surface area contributed by atoms with Crippen LogP contribution < -0.4 is 5.32 Å². The molecule has 5 nitrogen and oxygen atoms in total. The number of rotatable bonds is 7. The average molecular weight is 365 g/mol. The van der Waals surface area contributed by atoms with Gasteiger partial charge in [0.15, 0.2) is 0 Å². The maximum Gasteiger partial charge on any atom is 0.221 e. The lowest BCUT2D eigenvalue weighted by Gasteiger charge is -2.14. The van der Waals surface area contributed by atoms with Crippen molar-refractivity contribution >= 4 is 16.8 Å². The summed E-state index contributed by atoms with van der Waals surface area (Å²) in [5.41, 5.74) is 4.05. The Bertz CT molecular complexity index is 913. The summed E-state index contributed by atoms with van der Waals surface area (Å²) in [6.07, 6.45) is -0.382. The molecule has 1 atom stereocenters. The molecule has 0 spiro atoms. The van der Waals surface area contributed by atoms with Crippen LogP contribution in [0.5, 0.6) is 0 Å². The summed E-state index contributed by atoms with van der Waals surface area (Å²) < 4.78 is 1.87. The Morgan fingerprint density at radius 3 is 2.48 bits per heavy atom. The van der Waals surface area contributed by atoms with Crippen LogP contribution in [0.1, 0.15) is 49.1 Å². The van der Waals surface area contributed by atoms with Gasteiger partial charge in [-0.25, -0.2) is 0 Å². The number of carbonyl (C=O) groups excluding carboxylic acids is 1. The van der Waals surface area contributed by atoms with Gasteiger partial charge in [0.25, 0.3) is 0 Å². The Morgan fingerprint density at radius 2 is 1.78 bits per heavy atom. The summed E-state index contributed by atoms with van der Waals surface area (Å²) in [6, 6.07) is 15.9. The van der Waals surface area contributed by atoms with Gasteiger partial charge >= 0.3 is 0 Å². The number of aromatic nitrogens is 2. The van der Waals surface area contributed by atoms with Gasteiger partial charge in [-0.1, -0.05) is 56.3 Å². The molecule has 0 bridgehead atoms. The number of fused-ring (bicyclic) bond motifs is 1. The van der Waals surface area contributed by atoms with Gasteiger partial charge in [-0.2, -0.15) is 5.10 Å². The van der Waals surface area contributed by atoms with E-state index < -0.39 is 6.10 Å². The minimum Gasteiger partial charge on any atom is -0.387 e. The first-order chi connectivity index (χ1) is 13.0. The van der Waals surface area contributed by atoms with Gasteiger partial charge in [0.1, 0.15) is 0 Å². The number of nitrogens with one attached hydrogen (secondary N) is 1. The van der Waals surface area contributed by atoms with Gasteiger partial charge in [-0.15, -0.1) is 0 Å². The Hall–Kier alpha value is -2.66. The van der Waals surface area contributed by atoms with Gasteiger partial charge in [-0.05, 0) is 30.0 Å². The van der Waals surface area contributed by atoms with Crippen molar-refractivity contribution in [3.63, 3.8) is 0 Å². The predicted octanol–water partition coefficient (Wildman–Crippen LogP) is 3.71. The van der Waals surface area contributed by atoms with Crippen molar-refractivity contribution < 1.29 is 9.90 Å². The highest BCUT2D eigenvalue weighted by molar-refractivity contribution is 5.82. The van der Waals surface area contributed by atoms with E-state index in [-0.39, 0.29) is 12.5 Å². The van der Waals surface area contributed by atoms with E-state index in [9.17, 15) is 9.90 Å². The molecule has 0 fully saturated rings. The van der Waals surface area contributed by atoms with Crippen LogP contribution in [-0.4, -0.2) is 27.3 Å². The molecule has 3 rings (SSSR count). The second-order valence-electron chi connectivity index (χ2n) is 7.22. The minimum atomic E-state index is -0.706. The largest absolute Gasteiger partial charge is 0.387 e. The fraction of sp³-hybridized carbons (Fsp3) is 0.364. The van der Waals surface area contributed by atoms with Gasteiger partial charge in [-0.3, -0.25) is 9.48 Å². The number of aryl methyl sites for hydroxylation is 2. The second kappa shape index (κ2) is 8.35. The van der Waals surface area contributed by atoms with Crippen molar-refractivity contribution in [3.8, 4) is 0 Å². The Morgan fingerprint density at radius 1 is 1.11 bits per heavy atom. The number of amides is 1. The average Bonchev–Trinajstić information content (AvgIpc) is 3.00. The van der Waals surface area contributed by atoms with Crippen molar-refractivity contribution in [1.82, 2.24) is 15.1 Å². The van der Waals surface area contributed by atoms with Crippen LogP contribution in [0.15, 0.2) is 48.5 Å². The Labute approximate surface area is 160 Å². The molecule has 0 aliphatic rings. The van der Waals surface area contributed by atoms with Crippen LogP contribution in [0, 0.1) is 6.92 Å². The zero-order chi connectivity index (χ0) is 19.4. The second-order valence-corrected chi connectivity index (χ2v) is 7.22. The van der Waals surface area contributed by atoms with E-state index in [1.54, 1.807) is 0 Å². The molecule has 0 aliphatic carbocycles. The highest BCUT2D eigenvalue weighted by Gasteiger charge is 2.12. The van der Waals surface area contributed by atoms with Crippen LogP contribution in [0.2, 0.25) is 0 Å². The molecule has 1 amide bonds. The van der Waals surface area contributed by atoms with Crippen LogP contribution in [0.25, 0.3) is 10.9 Å². The van der Waals surface area contributed by atoms with Crippen molar-refractivity contribution in [3.05, 3.63) is 65.4 Å². The highest BCUT2D eigenvalue weighted by atomic mass is 16.3. The monoisotopic (exact) mass is 365 g/mol. The lowest BCUT2D eigenvalue weighted by molar-refractivity contribution is -0.121. The molecule has 0 aliphatic heterocycles. The fourth-order valence-electron chi connectivity index (χ4n) is 3.19. The van der Waals surface area contributed by atoms with Crippen molar-refractivity contribution in [1.29, 1.82) is 0 Å². The van der Waals surface area contributed by atoms with Crippen molar-refractivity contribution in [2.24, 2.45) is 0 Å². The lowest BCUT2D eigenvalue weighted by atomic mass is 10.00. The standard InChI is InChI=1S/C22H27N3O2/c1-15(2)17-8-10-18(11-9-17)21(26)14-23-22(27)12-13-25-20-7-5-4-6-19(20)16(3)24-25/h4-11,15,21,26H,12-14H2,1-3H3,(H,23,27). The lowest BCUT2D eigenvalue weighted by Crippen LogP contribution is -2.29. The van der Waals surface area contributed by atoms with Crippen LogP contribution in [0.3, 0.4) is 0 Å². The molecule has 2 N–H and O–H groups in total. The molecule has 2 aromatic carbocycles. The van der Waals surface area contributed by atoms with E-state index in [0.29, 0.717) is 18.9 Å². The van der Waals surface area contributed by atoms with Crippen LogP contribution >= 0.6 is 0 Å². The Balaban J connectivity index is 1.52. The van der Waals surface area contributed by atoms with Crippen molar-refractivity contribution in [2.75, 3.05) is 6.54 Å². The van der Waals surface area contributed by atoms with E-state index in [4.69, 9.17) is 0 Å². The molecule has 27 heavy (non-hydrogen) atoms. The van der Waals surface area contributed by atoms with Gasteiger partial charge in [0.2, 0.25) is 5.91 Å². The summed E-state index contributed by atoms with van der Waals surface area (Å²) >= 11 is 0. The predicted molar refractivity (Wildman–Crippen MR) is 108 cm³/mol. The molecule has 3 aromatic rings. The molecule has 5 heteroatoms. The van der Waals surface area contributed by atoms with E-state index in [2.05, 4.69) is 24.3 Å². The number of aliphatic hydroxyl groups is 1. The number of carbonyl (C=O) groups is 1. The maximum absolute atomic E-state index is 12.2. The number of nitrogens with zero attached hydrogens (tertiary/aromatic N) is 2. The maximum atomic E-state index is 12.2. The zero-order valence-corrected chi connectivity index (χ0v) is 16.1. The molecular formula is C22H27N3O2. The Kier molecular flexibility index (Phi) is 5.91. The number of aliphatic hydroxyl groups excluding tert-OH is 1. The molecule has 0 saturated carbocycles. The summed E-state index contributed by atoms with van der Waals surface area (Å²) in [5.74, 6) is 0.364. The van der Waals surface area contributed by atoms with E-state index in [1.165, 1.54) is 5.56 Å². The number of hydrogen-bond acceptors (Lipinski definition) is 3. The molecule has 1 unspecified atom stereocenters. The first-order valence-corrected chi connectivity index (χ1v) is 9.42. The smallest absolute Gasteiger partial charge is 0.221 e. The van der Waals surface area contributed by atoms with E-state index in [1.807, 2.05) is 60.1 Å². The fourth-order valence-corrected chi connectivity index (χ4v) is 3.19. The summed E-state index contributed by atoms with van der Waals surface area (Å²) in [7, 11) is 0. The molecule has 1 heterocycles.